The molecule has 0 saturated heterocycles. The summed E-state index contributed by atoms with van der Waals surface area (Å²) in [6.07, 6.45) is 1.42. The highest BCUT2D eigenvalue weighted by Gasteiger charge is 2.08. The molecule has 0 spiro atoms. The summed E-state index contributed by atoms with van der Waals surface area (Å²) in [6, 6.07) is 7.90. The van der Waals surface area contributed by atoms with Gasteiger partial charge in [-0.1, -0.05) is 27.5 Å². The van der Waals surface area contributed by atoms with Crippen molar-refractivity contribution in [2.45, 2.75) is 6.54 Å². The molecule has 0 aliphatic heterocycles. The third kappa shape index (κ3) is 3.61. The molecular weight excluding hydrogens is 346 g/mol. The van der Waals surface area contributed by atoms with E-state index in [-0.39, 0.29) is 18.0 Å². The fourth-order valence-electron chi connectivity index (χ4n) is 1.61. The van der Waals surface area contributed by atoms with Crippen LogP contribution < -0.4 is 16.6 Å². The largest absolute Gasteiger partial charge is 0.398 e. The maximum Gasteiger partial charge on any atom is 0.251 e. The van der Waals surface area contributed by atoms with Crippen molar-refractivity contribution in [2.75, 3.05) is 11.1 Å². The third-order valence-corrected chi connectivity index (χ3v) is 3.33. The van der Waals surface area contributed by atoms with E-state index >= 15 is 0 Å². The number of carbonyl (C=O) groups excluding carboxylic acids is 1. The van der Waals surface area contributed by atoms with Crippen molar-refractivity contribution in [1.82, 2.24) is 4.57 Å². The fraction of sp³-hybridized carbons (Fsp3) is 0.0769. The van der Waals surface area contributed by atoms with Crippen LogP contribution in [0.3, 0.4) is 0 Å². The van der Waals surface area contributed by atoms with E-state index in [0.29, 0.717) is 16.4 Å². The summed E-state index contributed by atoms with van der Waals surface area (Å²) >= 11 is 9.28. The van der Waals surface area contributed by atoms with Gasteiger partial charge in [-0.05, 0) is 24.3 Å². The first kappa shape index (κ1) is 14.6. The molecule has 2 rings (SSSR count). The van der Waals surface area contributed by atoms with Gasteiger partial charge in [-0.2, -0.15) is 0 Å². The predicted octanol–water partition coefficient (Wildman–Crippen LogP) is 2.49. The van der Waals surface area contributed by atoms with Crippen molar-refractivity contribution < 1.29 is 4.79 Å². The number of nitrogens with zero attached hydrogens (tertiary/aromatic N) is 1. The molecule has 0 aliphatic carbocycles. The van der Waals surface area contributed by atoms with Crippen molar-refractivity contribution in [2.24, 2.45) is 0 Å². The first-order chi connectivity index (χ1) is 9.45. The van der Waals surface area contributed by atoms with Gasteiger partial charge in [-0.15, -0.1) is 0 Å². The van der Waals surface area contributed by atoms with Crippen LogP contribution in [0.4, 0.5) is 11.4 Å². The highest BCUT2D eigenvalue weighted by Crippen LogP contribution is 2.25. The number of benzene rings is 1. The highest BCUT2D eigenvalue weighted by molar-refractivity contribution is 9.10. The van der Waals surface area contributed by atoms with Crippen LogP contribution in [-0.4, -0.2) is 10.5 Å². The zero-order chi connectivity index (χ0) is 14.7. The summed E-state index contributed by atoms with van der Waals surface area (Å²) in [7, 11) is 0. The molecule has 1 aromatic carbocycles. The Bertz CT molecular complexity index is 715. The Morgan fingerprint density at radius 2 is 2.10 bits per heavy atom. The van der Waals surface area contributed by atoms with Gasteiger partial charge in [0.2, 0.25) is 5.91 Å². The number of anilines is 2. The summed E-state index contributed by atoms with van der Waals surface area (Å²) < 4.78 is 2.05. The Labute approximate surface area is 128 Å². The van der Waals surface area contributed by atoms with E-state index in [2.05, 4.69) is 21.2 Å². The summed E-state index contributed by atoms with van der Waals surface area (Å²) in [5.74, 6) is -0.359. The standard InChI is InChI=1S/C13H11BrClN3O2/c14-8-1-3-11(10(15)5-8)17-12(19)7-18-6-9(16)2-4-13(18)20/h1-6H,7,16H2,(H,17,19). The quantitative estimate of drug-likeness (QED) is 0.887. The number of pyridine rings is 1. The van der Waals surface area contributed by atoms with Gasteiger partial charge in [0, 0.05) is 22.4 Å². The van der Waals surface area contributed by atoms with E-state index in [0.717, 1.165) is 4.47 Å². The molecule has 3 N–H and O–H groups in total. The minimum atomic E-state index is -0.359. The number of carbonyl (C=O) groups is 1. The van der Waals surface area contributed by atoms with E-state index in [1.54, 1.807) is 18.2 Å². The van der Waals surface area contributed by atoms with Gasteiger partial charge in [0.05, 0.1) is 10.7 Å². The number of nitrogen functional groups attached to an aromatic ring is 1. The molecular formula is C13H11BrClN3O2. The molecule has 0 bridgehead atoms. The molecule has 7 heteroatoms. The summed E-state index contributed by atoms with van der Waals surface area (Å²) in [4.78, 5) is 23.5. The number of hydrogen-bond donors (Lipinski definition) is 2. The Balaban J connectivity index is 2.13. The van der Waals surface area contributed by atoms with Crippen molar-refractivity contribution in [3.63, 3.8) is 0 Å². The number of nitrogens with two attached hydrogens (primary N) is 1. The maximum atomic E-state index is 11.9. The molecule has 20 heavy (non-hydrogen) atoms. The van der Waals surface area contributed by atoms with E-state index in [4.69, 9.17) is 17.3 Å². The number of aromatic nitrogens is 1. The molecule has 2 aromatic rings. The molecule has 0 fully saturated rings. The summed E-state index contributed by atoms with van der Waals surface area (Å²) in [5, 5.41) is 3.05. The number of rotatable bonds is 3. The Morgan fingerprint density at radius 1 is 1.35 bits per heavy atom. The third-order valence-electron chi connectivity index (χ3n) is 2.53. The van der Waals surface area contributed by atoms with E-state index in [9.17, 15) is 9.59 Å². The van der Waals surface area contributed by atoms with Gasteiger partial charge in [-0.3, -0.25) is 9.59 Å². The number of amides is 1. The van der Waals surface area contributed by atoms with Crippen molar-refractivity contribution in [3.8, 4) is 0 Å². The number of halogens is 2. The monoisotopic (exact) mass is 355 g/mol. The fourth-order valence-corrected chi connectivity index (χ4v) is 2.33. The van der Waals surface area contributed by atoms with Crippen LogP contribution in [0.1, 0.15) is 0 Å². The molecule has 104 valence electrons. The van der Waals surface area contributed by atoms with Crippen LogP contribution in [-0.2, 0) is 11.3 Å². The second-order valence-corrected chi connectivity index (χ2v) is 5.42. The lowest BCUT2D eigenvalue weighted by atomic mass is 10.3. The molecule has 5 nitrogen and oxygen atoms in total. The van der Waals surface area contributed by atoms with Crippen LogP contribution in [0.15, 0.2) is 45.8 Å². The van der Waals surface area contributed by atoms with E-state index in [1.165, 1.54) is 22.9 Å². The van der Waals surface area contributed by atoms with Gasteiger partial charge in [-0.25, -0.2) is 0 Å². The number of hydrogen-bond acceptors (Lipinski definition) is 3. The molecule has 0 atom stereocenters. The van der Waals surface area contributed by atoms with Crippen LogP contribution in [0.5, 0.6) is 0 Å². The van der Waals surface area contributed by atoms with Gasteiger partial charge in [0.1, 0.15) is 6.54 Å². The molecule has 1 heterocycles. The molecule has 0 radical (unpaired) electrons. The molecule has 0 unspecified atom stereocenters. The molecule has 1 aromatic heterocycles. The lowest BCUT2D eigenvalue weighted by Gasteiger charge is -2.09. The van der Waals surface area contributed by atoms with Crippen molar-refractivity contribution in [3.05, 3.63) is 56.4 Å². The van der Waals surface area contributed by atoms with Crippen molar-refractivity contribution >= 4 is 44.8 Å². The Kier molecular flexibility index (Phi) is 4.46. The van der Waals surface area contributed by atoms with Crippen LogP contribution >= 0.6 is 27.5 Å². The Hall–Kier alpha value is -1.79. The second-order valence-electron chi connectivity index (χ2n) is 4.10. The molecule has 0 aliphatic rings. The normalized spacial score (nSPS) is 10.3. The lowest BCUT2D eigenvalue weighted by Crippen LogP contribution is -2.27. The zero-order valence-corrected chi connectivity index (χ0v) is 12.6. The average Bonchev–Trinajstić information content (AvgIpc) is 2.37. The first-order valence-electron chi connectivity index (χ1n) is 5.66. The molecule has 0 saturated carbocycles. The smallest absolute Gasteiger partial charge is 0.251 e. The SMILES string of the molecule is Nc1ccc(=O)n(CC(=O)Nc2ccc(Br)cc2Cl)c1. The van der Waals surface area contributed by atoms with E-state index < -0.39 is 0 Å². The first-order valence-corrected chi connectivity index (χ1v) is 6.83. The second kappa shape index (κ2) is 6.11. The van der Waals surface area contributed by atoms with E-state index in [1.807, 2.05) is 0 Å². The van der Waals surface area contributed by atoms with Crippen LogP contribution in [0.2, 0.25) is 5.02 Å². The predicted molar refractivity (Wildman–Crippen MR) is 82.9 cm³/mol. The van der Waals surface area contributed by atoms with Gasteiger partial charge >= 0.3 is 0 Å². The van der Waals surface area contributed by atoms with Gasteiger partial charge < -0.3 is 15.6 Å². The minimum Gasteiger partial charge on any atom is -0.398 e. The summed E-state index contributed by atoms with van der Waals surface area (Å²) in [5.41, 5.74) is 6.18. The topological polar surface area (TPSA) is 77.1 Å². The lowest BCUT2D eigenvalue weighted by molar-refractivity contribution is -0.116. The van der Waals surface area contributed by atoms with Crippen LogP contribution in [0, 0.1) is 0 Å². The average molecular weight is 357 g/mol. The van der Waals surface area contributed by atoms with Gasteiger partial charge in [0.25, 0.3) is 5.56 Å². The Morgan fingerprint density at radius 3 is 2.80 bits per heavy atom. The summed E-state index contributed by atoms with van der Waals surface area (Å²) in [6.45, 7) is -0.129. The number of nitrogens with one attached hydrogen (secondary N) is 1. The van der Waals surface area contributed by atoms with Crippen molar-refractivity contribution in [1.29, 1.82) is 0 Å². The minimum absolute atomic E-state index is 0.129. The highest BCUT2D eigenvalue weighted by atomic mass is 79.9. The van der Waals surface area contributed by atoms with Gasteiger partial charge in [0.15, 0.2) is 0 Å². The maximum absolute atomic E-state index is 11.9. The van der Waals surface area contributed by atoms with Crippen LogP contribution in [0.25, 0.3) is 0 Å². The zero-order valence-electron chi connectivity index (χ0n) is 10.3. The molecule has 1 amide bonds.